The van der Waals surface area contributed by atoms with Gasteiger partial charge in [-0.25, -0.2) is 4.98 Å². The average Bonchev–Trinajstić information content (AvgIpc) is 3.79. The molecule has 1 radical (unpaired) electrons. The smallest absolute Gasteiger partial charge is 0.155 e. The Morgan fingerprint density at radius 2 is 1.51 bits per heavy atom. The van der Waals surface area contributed by atoms with Crippen LogP contribution in [0.5, 0.6) is 0 Å². The fraction of sp³-hybridized carbons (Fsp3) is 0.146. The van der Waals surface area contributed by atoms with Crippen molar-refractivity contribution in [2.45, 2.75) is 46.4 Å². The fourth-order valence-electron chi connectivity index (χ4n) is 6.88. The van der Waals surface area contributed by atoms with Gasteiger partial charge in [0.05, 0.1) is 16.9 Å². The molecule has 55 heavy (non-hydrogen) atoms. The third-order valence-corrected chi connectivity index (χ3v) is 9.55. The zero-order chi connectivity index (χ0) is 39.8. The van der Waals surface area contributed by atoms with Gasteiger partial charge in [0.15, 0.2) is 5.65 Å². The van der Waals surface area contributed by atoms with Gasteiger partial charge in [-0.2, -0.15) is 0 Å². The SMILES string of the molecule is CC(C)c1cccc(C(C)C)c1-n1c(-c2[c-]ccc3c2oc2ccccc23)nc2cc(-c3ccccc3)cnc21.[2H]C([2H])([2H])c1ccc(-c2[c-]cc(F)cc2)nc1.[Ir]. The predicted molar refractivity (Wildman–Crippen MR) is 217 cm³/mol. The molecule has 0 bridgehead atoms. The van der Waals surface area contributed by atoms with E-state index in [-0.39, 0.29) is 31.5 Å². The Hall–Kier alpha value is -5.75. The predicted octanol–water partition coefficient (Wildman–Crippen LogP) is 12.7. The van der Waals surface area contributed by atoms with Crippen LogP contribution in [0.4, 0.5) is 4.39 Å². The first-order valence-corrected chi connectivity index (χ1v) is 18.0. The second kappa shape index (κ2) is 15.9. The molecule has 7 heteroatoms. The van der Waals surface area contributed by atoms with Gasteiger partial charge in [-0.15, -0.1) is 48.0 Å². The molecule has 4 heterocycles. The minimum absolute atomic E-state index is 0. The Morgan fingerprint density at radius 1 is 0.745 bits per heavy atom. The van der Waals surface area contributed by atoms with Crippen LogP contribution < -0.4 is 0 Å². The summed E-state index contributed by atoms with van der Waals surface area (Å²) < 4.78 is 43.0. The molecular formula is C48H39FIrN4O-2. The van der Waals surface area contributed by atoms with Gasteiger partial charge in [0.2, 0.25) is 0 Å². The summed E-state index contributed by atoms with van der Waals surface area (Å²) in [4.78, 5) is 14.4. The maximum Gasteiger partial charge on any atom is 0.155 e. The van der Waals surface area contributed by atoms with E-state index in [1.165, 1.54) is 35.5 Å². The van der Waals surface area contributed by atoms with Crippen LogP contribution in [0.15, 0.2) is 138 Å². The van der Waals surface area contributed by atoms with E-state index in [4.69, 9.17) is 18.5 Å². The minimum Gasteiger partial charge on any atom is -0.501 e. The van der Waals surface area contributed by atoms with Gasteiger partial charge in [-0.05, 0) is 58.8 Å². The Bertz CT molecular complexity index is 2820. The van der Waals surface area contributed by atoms with Crippen LogP contribution in [0.25, 0.3) is 72.6 Å². The van der Waals surface area contributed by atoms with Crippen molar-refractivity contribution in [1.82, 2.24) is 19.5 Å². The number of fused-ring (bicyclic) bond motifs is 4. The van der Waals surface area contributed by atoms with Crippen LogP contribution in [-0.4, -0.2) is 19.5 Å². The molecule has 9 rings (SSSR count). The maximum atomic E-state index is 12.7. The first-order chi connectivity index (χ1) is 27.5. The second-order valence-electron chi connectivity index (χ2n) is 13.8. The van der Waals surface area contributed by atoms with Gasteiger partial charge >= 0.3 is 0 Å². The van der Waals surface area contributed by atoms with E-state index in [0.717, 1.165) is 61.3 Å². The number of para-hydroxylation sites is 2. The Morgan fingerprint density at radius 3 is 2.20 bits per heavy atom. The first kappa shape index (κ1) is 33.8. The van der Waals surface area contributed by atoms with Crippen molar-refractivity contribution in [3.63, 3.8) is 0 Å². The number of rotatable bonds is 6. The third kappa shape index (κ3) is 7.38. The molecule has 4 aromatic heterocycles. The monoisotopic (exact) mass is 902 g/mol. The van der Waals surface area contributed by atoms with Gasteiger partial charge in [0.1, 0.15) is 5.58 Å². The maximum absolute atomic E-state index is 12.7. The number of halogens is 1. The molecule has 0 aliphatic carbocycles. The number of aryl methyl sites for hydroxylation is 1. The number of hydrogen-bond acceptors (Lipinski definition) is 4. The molecule has 9 aromatic rings. The van der Waals surface area contributed by atoms with Crippen molar-refractivity contribution in [3.8, 4) is 39.5 Å². The summed E-state index contributed by atoms with van der Waals surface area (Å²) in [5.41, 5.74) is 11.3. The largest absolute Gasteiger partial charge is 0.501 e. The van der Waals surface area contributed by atoms with Crippen molar-refractivity contribution < 1.29 is 33.0 Å². The first-order valence-electron chi connectivity index (χ1n) is 19.5. The molecule has 0 saturated heterocycles. The average molecular weight is 902 g/mol. The molecule has 0 aliphatic heterocycles. The van der Waals surface area contributed by atoms with Gasteiger partial charge < -0.3 is 14.0 Å². The standard InChI is InChI=1S/C36H30N3O.C12H9FN.Ir/c1-22(2)26-15-10-16-27(23(3)4)33(26)39-35(30-18-11-17-29-28-14-8-9-19-32(28)40-34(29)30)38-31-20-25(21-37-36(31)39)24-12-6-5-7-13-24;1-9-2-7-12(14-8-9)10-3-5-11(13)6-4-10;/h5-17,19-23H,1-4H3;2-3,5-8H,1H3;/q2*-1;/i;1D3;. The quantitative estimate of drug-likeness (QED) is 0.156. The molecule has 0 saturated carbocycles. The number of nitrogens with zero attached hydrogens (tertiary/aromatic N) is 4. The zero-order valence-corrected chi connectivity index (χ0v) is 33.2. The molecular weight excluding hydrogens is 860 g/mol. The third-order valence-electron chi connectivity index (χ3n) is 9.55. The van der Waals surface area contributed by atoms with E-state index < -0.39 is 6.85 Å². The number of imidazole rings is 1. The number of furan rings is 1. The molecule has 0 unspecified atom stereocenters. The summed E-state index contributed by atoms with van der Waals surface area (Å²) >= 11 is 0. The van der Waals surface area contributed by atoms with E-state index in [1.807, 2.05) is 36.5 Å². The van der Waals surface area contributed by atoms with Gasteiger partial charge in [-0.3, -0.25) is 9.37 Å². The van der Waals surface area contributed by atoms with Crippen LogP contribution in [0.3, 0.4) is 0 Å². The molecule has 0 spiro atoms. The summed E-state index contributed by atoms with van der Waals surface area (Å²) in [7, 11) is 0. The van der Waals surface area contributed by atoms with Crippen LogP contribution in [0.2, 0.25) is 0 Å². The summed E-state index contributed by atoms with van der Waals surface area (Å²) in [6.45, 7) is 6.82. The van der Waals surface area contributed by atoms with Crippen LogP contribution in [0.1, 0.15) is 60.3 Å². The van der Waals surface area contributed by atoms with E-state index in [2.05, 4.69) is 110 Å². The number of benzene rings is 5. The number of hydrogen-bond donors (Lipinski definition) is 0. The van der Waals surface area contributed by atoms with Gasteiger partial charge in [-0.1, -0.05) is 118 Å². The van der Waals surface area contributed by atoms with Crippen LogP contribution >= 0.6 is 0 Å². The Labute approximate surface area is 338 Å². The molecule has 5 aromatic carbocycles. The summed E-state index contributed by atoms with van der Waals surface area (Å²) in [6.07, 6.45) is 3.26. The zero-order valence-electron chi connectivity index (χ0n) is 33.8. The van der Waals surface area contributed by atoms with Crippen molar-refractivity contribution in [1.29, 1.82) is 0 Å². The van der Waals surface area contributed by atoms with E-state index in [9.17, 15) is 4.39 Å². The summed E-state index contributed by atoms with van der Waals surface area (Å²) in [5, 5.41) is 2.15. The summed E-state index contributed by atoms with van der Waals surface area (Å²) in [5.74, 6) is 1.04. The molecule has 0 N–H and O–H groups in total. The van der Waals surface area contributed by atoms with Crippen LogP contribution in [-0.2, 0) is 20.1 Å². The molecule has 0 fully saturated rings. The van der Waals surface area contributed by atoms with Crippen molar-refractivity contribution in [3.05, 3.63) is 168 Å². The van der Waals surface area contributed by atoms with Crippen molar-refractivity contribution in [2.75, 3.05) is 0 Å². The normalized spacial score (nSPS) is 12.3. The number of aromatic nitrogens is 4. The molecule has 0 amide bonds. The topological polar surface area (TPSA) is 56.7 Å². The second-order valence-corrected chi connectivity index (χ2v) is 13.8. The van der Waals surface area contributed by atoms with Gasteiger partial charge in [0, 0.05) is 59.1 Å². The van der Waals surface area contributed by atoms with Crippen molar-refractivity contribution in [2.24, 2.45) is 0 Å². The molecule has 275 valence electrons. The Kier molecular flexibility index (Phi) is 9.78. The molecule has 0 aliphatic rings. The van der Waals surface area contributed by atoms with Crippen molar-refractivity contribution >= 4 is 33.1 Å². The Balaban J connectivity index is 0.000000240. The van der Waals surface area contributed by atoms with Gasteiger partial charge in [0.25, 0.3) is 0 Å². The molecule has 0 atom stereocenters. The van der Waals surface area contributed by atoms with E-state index >= 15 is 0 Å². The fourth-order valence-corrected chi connectivity index (χ4v) is 6.88. The van der Waals surface area contributed by atoms with E-state index in [1.54, 1.807) is 12.1 Å². The minimum atomic E-state index is -2.15. The summed E-state index contributed by atoms with van der Waals surface area (Å²) in [6, 6.07) is 44.7. The van der Waals surface area contributed by atoms with E-state index in [0.29, 0.717) is 23.1 Å². The number of pyridine rings is 2. The van der Waals surface area contributed by atoms with Crippen LogP contribution in [0, 0.1) is 24.8 Å². The molecule has 5 nitrogen and oxygen atoms in total.